The van der Waals surface area contributed by atoms with Crippen molar-refractivity contribution in [1.82, 2.24) is 5.32 Å². The molecule has 5 heteroatoms. The highest BCUT2D eigenvalue weighted by Crippen LogP contribution is 2.35. The fourth-order valence-corrected chi connectivity index (χ4v) is 2.81. The minimum Gasteiger partial charge on any atom is -0.454 e. The lowest BCUT2D eigenvalue weighted by Gasteiger charge is -2.16. The largest absolute Gasteiger partial charge is 0.454 e. The van der Waals surface area contributed by atoms with Gasteiger partial charge in [0.25, 0.3) is 0 Å². The molecule has 1 heterocycles. The van der Waals surface area contributed by atoms with Crippen LogP contribution in [0.5, 0.6) is 11.5 Å². The van der Waals surface area contributed by atoms with Gasteiger partial charge in [0, 0.05) is 28.2 Å². The Kier molecular flexibility index (Phi) is 4.24. The number of hydrogen-bond acceptors (Lipinski definition) is 3. The molecular formula is C16H15Cl2NO2. The molecule has 0 radical (unpaired) electrons. The summed E-state index contributed by atoms with van der Waals surface area (Å²) >= 11 is 12.3. The van der Waals surface area contributed by atoms with Crippen LogP contribution in [-0.2, 0) is 6.54 Å². The summed E-state index contributed by atoms with van der Waals surface area (Å²) in [6, 6.07) is 11.5. The van der Waals surface area contributed by atoms with Crippen LogP contribution in [0.15, 0.2) is 36.4 Å². The molecule has 2 aromatic rings. The van der Waals surface area contributed by atoms with E-state index in [2.05, 4.69) is 12.2 Å². The summed E-state index contributed by atoms with van der Waals surface area (Å²) in [5.41, 5.74) is 2.05. The zero-order valence-electron chi connectivity index (χ0n) is 11.5. The van der Waals surface area contributed by atoms with Crippen molar-refractivity contribution in [3.8, 4) is 11.5 Å². The van der Waals surface area contributed by atoms with E-state index >= 15 is 0 Å². The maximum absolute atomic E-state index is 6.22. The highest BCUT2D eigenvalue weighted by atomic mass is 35.5. The number of nitrogens with one attached hydrogen (secondary N) is 1. The van der Waals surface area contributed by atoms with Gasteiger partial charge in [0.15, 0.2) is 11.5 Å². The first-order valence-corrected chi connectivity index (χ1v) is 7.46. The first-order valence-electron chi connectivity index (χ1n) is 6.71. The van der Waals surface area contributed by atoms with E-state index in [0.29, 0.717) is 16.6 Å². The van der Waals surface area contributed by atoms with Crippen LogP contribution < -0.4 is 14.8 Å². The summed E-state index contributed by atoms with van der Waals surface area (Å²) in [7, 11) is 0. The molecule has 3 nitrogen and oxygen atoms in total. The average Bonchev–Trinajstić information content (AvgIpc) is 2.96. The molecule has 1 unspecified atom stereocenters. The van der Waals surface area contributed by atoms with Crippen molar-refractivity contribution in [1.29, 1.82) is 0 Å². The lowest BCUT2D eigenvalue weighted by atomic mass is 10.1. The molecule has 21 heavy (non-hydrogen) atoms. The molecule has 1 aliphatic heterocycles. The van der Waals surface area contributed by atoms with E-state index in [9.17, 15) is 0 Å². The van der Waals surface area contributed by atoms with E-state index in [-0.39, 0.29) is 12.8 Å². The number of halogens is 2. The van der Waals surface area contributed by atoms with Crippen LogP contribution in [0.4, 0.5) is 0 Å². The van der Waals surface area contributed by atoms with Crippen molar-refractivity contribution in [2.75, 3.05) is 6.79 Å². The summed E-state index contributed by atoms with van der Waals surface area (Å²) in [6.45, 7) is 3.00. The third-order valence-corrected chi connectivity index (χ3v) is 4.08. The number of rotatable bonds is 4. The molecular weight excluding hydrogens is 309 g/mol. The summed E-state index contributed by atoms with van der Waals surface area (Å²) in [5.74, 6) is 1.61. The summed E-state index contributed by atoms with van der Waals surface area (Å²) in [5, 5.41) is 4.82. The van der Waals surface area contributed by atoms with E-state index in [1.165, 1.54) is 0 Å². The van der Waals surface area contributed by atoms with Gasteiger partial charge in [-0.2, -0.15) is 0 Å². The Morgan fingerprint density at radius 1 is 1.19 bits per heavy atom. The minimum absolute atomic E-state index is 0.0781. The summed E-state index contributed by atoms with van der Waals surface area (Å²) < 4.78 is 10.9. The van der Waals surface area contributed by atoms with Gasteiger partial charge in [-0.15, -0.1) is 0 Å². The lowest BCUT2D eigenvalue weighted by Crippen LogP contribution is -2.18. The van der Waals surface area contributed by atoms with Crippen LogP contribution in [0.2, 0.25) is 10.0 Å². The average molecular weight is 324 g/mol. The quantitative estimate of drug-likeness (QED) is 0.893. The maximum atomic E-state index is 6.22. The fourth-order valence-electron chi connectivity index (χ4n) is 2.35. The fraction of sp³-hybridized carbons (Fsp3) is 0.250. The predicted octanol–water partition coefficient (Wildman–Crippen LogP) is 4.57. The molecule has 0 saturated heterocycles. The Hall–Kier alpha value is -1.42. The molecule has 110 valence electrons. The topological polar surface area (TPSA) is 30.5 Å². The van der Waals surface area contributed by atoms with Gasteiger partial charge in [0.05, 0.1) is 0 Å². The Balaban J connectivity index is 1.73. The lowest BCUT2D eigenvalue weighted by molar-refractivity contribution is 0.173. The van der Waals surface area contributed by atoms with Crippen molar-refractivity contribution in [2.45, 2.75) is 19.5 Å². The smallest absolute Gasteiger partial charge is 0.231 e. The summed E-state index contributed by atoms with van der Waals surface area (Å²) in [6.07, 6.45) is 0. The molecule has 1 aliphatic rings. The molecule has 0 amide bonds. The zero-order valence-corrected chi connectivity index (χ0v) is 13.0. The second kappa shape index (κ2) is 6.14. The number of hydrogen-bond donors (Lipinski definition) is 1. The highest BCUT2D eigenvalue weighted by molar-refractivity contribution is 6.33. The normalized spacial score (nSPS) is 14.2. The molecule has 3 rings (SSSR count). The molecule has 0 aliphatic carbocycles. The first-order chi connectivity index (χ1) is 10.1. The molecule has 0 fully saturated rings. The van der Waals surface area contributed by atoms with Crippen molar-refractivity contribution in [3.63, 3.8) is 0 Å². The van der Waals surface area contributed by atoms with Gasteiger partial charge in [-0.1, -0.05) is 35.3 Å². The van der Waals surface area contributed by atoms with Crippen molar-refractivity contribution >= 4 is 23.2 Å². The molecule has 0 aromatic heterocycles. The molecule has 1 atom stereocenters. The van der Waals surface area contributed by atoms with E-state index in [1.54, 1.807) is 6.07 Å². The van der Waals surface area contributed by atoms with E-state index < -0.39 is 0 Å². The second-order valence-corrected chi connectivity index (χ2v) is 5.76. The minimum atomic E-state index is 0.0781. The zero-order chi connectivity index (χ0) is 14.8. The van der Waals surface area contributed by atoms with E-state index in [0.717, 1.165) is 22.6 Å². The van der Waals surface area contributed by atoms with Gasteiger partial charge in [0.1, 0.15) is 0 Å². The SMILES string of the molecule is CC(NCc1cccc2c1OCO2)c1cc(Cl)ccc1Cl. The third kappa shape index (κ3) is 3.10. The van der Waals surface area contributed by atoms with Crippen LogP contribution in [0.3, 0.4) is 0 Å². The summed E-state index contributed by atoms with van der Waals surface area (Å²) in [4.78, 5) is 0. The Labute approximate surface area is 133 Å². The van der Waals surface area contributed by atoms with Crippen LogP contribution in [0, 0.1) is 0 Å². The number of benzene rings is 2. The van der Waals surface area contributed by atoms with E-state index in [4.69, 9.17) is 32.7 Å². The van der Waals surface area contributed by atoms with Gasteiger partial charge in [-0.25, -0.2) is 0 Å². The van der Waals surface area contributed by atoms with Crippen LogP contribution in [-0.4, -0.2) is 6.79 Å². The van der Waals surface area contributed by atoms with Gasteiger partial charge in [-0.3, -0.25) is 0 Å². The van der Waals surface area contributed by atoms with E-state index in [1.807, 2.05) is 30.3 Å². The molecule has 0 bridgehead atoms. The maximum Gasteiger partial charge on any atom is 0.231 e. The number of ether oxygens (including phenoxy) is 2. The van der Waals surface area contributed by atoms with Crippen molar-refractivity contribution < 1.29 is 9.47 Å². The van der Waals surface area contributed by atoms with Crippen molar-refractivity contribution in [2.24, 2.45) is 0 Å². The van der Waals surface area contributed by atoms with Crippen LogP contribution in [0.1, 0.15) is 24.1 Å². The molecule has 0 saturated carbocycles. The van der Waals surface area contributed by atoms with Crippen LogP contribution >= 0.6 is 23.2 Å². The van der Waals surface area contributed by atoms with Gasteiger partial charge in [0.2, 0.25) is 6.79 Å². The van der Waals surface area contributed by atoms with Gasteiger partial charge >= 0.3 is 0 Å². The van der Waals surface area contributed by atoms with Crippen molar-refractivity contribution in [3.05, 3.63) is 57.6 Å². The molecule has 0 spiro atoms. The Morgan fingerprint density at radius 3 is 2.90 bits per heavy atom. The monoisotopic (exact) mass is 323 g/mol. The molecule has 1 N–H and O–H groups in total. The van der Waals surface area contributed by atoms with Crippen LogP contribution in [0.25, 0.3) is 0 Å². The standard InChI is InChI=1S/C16H15Cl2NO2/c1-10(13-7-12(17)5-6-14(13)18)19-8-11-3-2-4-15-16(11)21-9-20-15/h2-7,10,19H,8-9H2,1H3. The highest BCUT2D eigenvalue weighted by Gasteiger charge is 2.18. The molecule has 2 aromatic carbocycles. The van der Waals surface area contributed by atoms with Gasteiger partial charge < -0.3 is 14.8 Å². The first kappa shape index (κ1) is 14.5. The third-order valence-electron chi connectivity index (χ3n) is 3.50. The number of para-hydroxylation sites is 1. The number of fused-ring (bicyclic) bond motifs is 1. The Morgan fingerprint density at radius 2 is 2.05 bits per heavy atom. The predicted molar refractivity (Wildman–Crippen MR) is 84.3 cm³/mol. The Bertz CT molecular complexity index is 661. The second-order valence-electron chi connectivity index (χ2n) is 4.92. The van der Waals surface area contributed by atoms with Gasteiger partial charge in [-0.05, 0) is 36.8 Å².